The summed E-state index contributed by atoms with van der Waals surface area (Å²) in [5.74, 6) is 1.06. The summed E-state index contributed by atoms with van der Waals surface area (Å²) in [6, 6.07) is 7.25. The summed E-state index contributed by atoms with van der Waals surface area (Å²) in [6.07, 6.45) is 3.34. The van der Waals surface area contributed by atoms with Crippen LogP contribution >= 0.6 is 0 Å². The van der Waals surface area contributed by atoms with E-state index in [4.69, 9.17) is 14.7 Å². The van der Waals surface area contributed by atoms with E-state index in [-0.39, 0.29) is 12.5 Å². The van der Waals surface area contributed by atoms with E-state index >= 15 is 0 Å². The number of rotatable bonds is 5. The number of nitriles is 1. The Morgan fingerprint density at radius 1 is 1.30 bits per heavy atom. The Kier molecular flexibility index (Phi) is 6.01. The van der Waals surface area contributed by atoms with Gasteiger partial charge < -0.3 is 19.3 Å². The van der Waals surface area contributed by atoms with Crippen LogP contribution in [0.3, 0.4) is 0 Å². The molecule has 0 bridgehead atoms. The number of carbonyl (C=O) groups excluding carboxylic acids is 1. The second-order valence-corrected chi connectivity index (χ2v) is 5.32. The van der Waals surface area contributed by atoms with Crippen LogP contribution in [0.1, 0.15) is 5.56 Å². The number of benzene rings is 1. The van der Waals surface area contributed by atoms with Gasteiger partial charge in [0.2, 0.25) is 5.91 Å². The van der Waals surface area contributed by atoms with Crippen molar-refractivity contribution in [3.05, 3.63) is 29.8 Å². The maximum absolute atomic E-state index is 12.2. The van der Waals surface area contributed by atoms with Crippen LogP contribution in [0.4, 0.5) is 0 Å². The fraction of sp³-hybridized carbons (Fsp3) is 0.412. The standard InChI is InChI=1S/C17H21N3O3/c1-19-8-10-20(11-9-19)17(21)6-4-14-3-5-15(23-12-7-18)16(13-14)22-2/h3-6,13H,8-12H2,1-2H3/b6-4+. The molecule has 1 saturated heterocycles. The molecule has 1 aromatic rings. The Balaban J connectivity index is 2.01. The number of hydrogen-bond donors (Lipinski definition) is 0. The van der Waals surface area contributed by atoms with Crippen LogP contribution in [0, 0.1) is 11.3 Å². The number of nitrogens with zero attached hydrogens (tertiary/aromatic N) is 3. The van der Waals surface area contributed by atoms with Gasteiger partial charge in [-0.2, -0.15) is 5.26 Å². The molecule has 122 valence electrons. The van der Waals surface area contributed by atoms with Crippen molar-refractivity contribution in [2.75, 3.05) is 46.9 Å². The topological polar surface area (TPSA) is 65.8 Å². The van der Waals surface area contributed by atoms with E-state index in [2.05, 4.69) is 11.9 Å². The van der Waals surface area contributed by atoms with Crippen molar-refractivity contribution in [2.45, 2.75) is 0 Å². The van der Waals surface area contributed by atoms with Gasteiger partial charge in [0.05, 0.1) is 7.11 Å². The van der Waals surface area contributed by atoms with E-state index in [0.29, 0.717) is 11.5 Å². The summed E-state index contributed by atoms with van der Waals surface area (Å²) in [7, 11) is 3.59. The van der Waals surface area contributed by atoms with Gasteiger partial charge in [-0.3, -0.25) is 4.79 Å². The third-order valence-corrected chi connectivity index (χ3v) is 3.71. The molecule has 0 atom stereocenters. The fourth-order valence-corrected chi connectivity index (χ4v) is 2.32. The van der Waals surface area contributed by atoms with Crippen LogP contribution in [0.5, 0.6) is 11.5 Å². The van der Waals surface area contributed by atoms with Gasteiger partial charge in [-0.1, -0.05) is 6.07 Å². The zero-order chi connectivity index (χ0) is 16.7. The van der Waals surface area contributed by atoms with E-state index in [1.807, 2.05) is 17.0 Å². The lowest BCUT2D eigenvalue weighted by Crippen LogP contribution is -2.46. The van der Waals surface area contributed by atoms with Gasteiger partial charge in [0, 0.05) is 32.3 Å². The van der Waals surface area contributed by atoms with Crippen LogP contribution in [-0.4, -0.2) is 62.7 Å². The van der Waals surface area contributed by atoms with Crippen LogP contribution in [-0.2, 0) is 4.79 Å². The van der Waals surface area contributed by atoms with Crippen LogP contribution in [0.25, 0.3) is 6.08 Å². The smallest absolute Gasteiger partial charge is 0.246 e. The zero-order valence-corrected chi connectivity index (χ0v) is 13.5. The van der Waals surface area contributed by atoms with Crippen molar-refractivity contribution in [1.82, 2.24) is 9.80 Å². The molecule has 0 aromatic heterocycles. The van der Waals surface area contributed by atoms with Gasteiger partial charge in [-0.05, 0) is 30.8 Å². The molecular formula is C17H21N3O3. The van der Waals surface area contributed by atoms with E-state index in [9.17, 15) is 4.79 Å². The van der Waals surface area contributed by atoms with E-state index < -0.39 is 0 Å². The Morgan fingerprint density at radius 2 is 2.04 bits per heavy atom. The zero-order valence-electron chi connectivity index (χ0n) is 13.5. The molecule has 1 aliphatic rings. The van der Waals surface area contributed by atoms with Crippen LogP contribution in [0.15, 0.2) is 24.3 Å². The molecule has 1 aromatic carbocycles. The number of hydrogen-bond acceptors (Lipinski definition) is 5. The second kappa shape index (κ2) is 8.20. The Hall–Kier alpha value is -2.52. The average molecular weight is 315 g/mol. The summed E-state index contributed by atoms with van der Waals surface area (Å²) in [4.78, 5) is 16.2. The molecule has 23 heavy (non-hydrogen) atoms. The highest BCUT2D eigenvalue weighted by Crippen LogP contribution is 2.28. The Morgan fingerprint density at radius 3 is 2.70 bits per heavy atom. The van der Waals surface area contributed by atoms with Gasteiger partial charge in [-0.25, -0.2) is 0 Å². The van der Waals surface area contributed by atoms with E-state index in [1.165, 1.54) is 7.11 Å². The van der Waals surface area contributed by atoms with Crippen LogP contribution in [0.2, 0.25) is 0 Å². The minimum absolute atomic E-state index is 0.0156. The number of methoxy groups -OCH3 is 1. The normalized spacial score (nSPS) is 15.4. The van der Waals surface area contributed by atoms with Crippen molar-refractivity contribution in [2.24, 2.45) is 0 Å². The maximum Gasteiger partial charge on any atom is 0.246 e. The van der Waals surface area contributed by atoms with Gasteiger partial charge in [0.25, 0.3) is 0 Å². The summed E-state index contributed by atoms with van der Waals surface area (Å²) in [6.45, 7) is 3.28. The quantitative estimate of drug-likeness (QED) is 0.768. The lowest BCUT2D eigenvalue weighted by atomic mass is 10.2. The van der Waals surface area contributed by atoms with Crippen molar-refractivity contribution in [3.8, 4) is 17.6 Å². The molecule has 1 aliphatic heterocycles. The number of likely N-dealkylation sites (N-methyl/N-ethyl adjacent to an activating group) is 1. The molecule has 6 nitrogen and oxygen atoms in total. The molecule has 6 heteroatoms. The number of piperazine rings is 1. The van der Waals surface area contributed by atoms with E-state index in [1.54, 1.807) is 24.3 Å². The monoisotopic (exact) mass is 315 g/mol. The first-order chi connectivity index (χ1) is 11.1. The molecule has 0 radical (unpaired) electrons. The van der Waals surface area contributed by atoms with E-state index in [0.717, 1.165) is 31.7 Å². The van der Waals surface area contributed by atoms with Gasteiger partial charge in [0.15, 0.2) is 18.1 Å². The van der Waals surface area contributed by atoms with Crippen molar-refractivity contribution in [3.63, 3.8) is 0 Å². The lowest BCUT2D eigenvalue weighted by Gasteiger charge is -2.31. The van der Waals surface area contributed by atoms with Gasteiger partial charge in [-0.15, -0.1) is 0 Å². The third kappa shape index (κ3) is 4.73. The first kappa shape index (κ1) is 16.8. The van der Waals surface area contributed by atoms with Crippen molar-refractivity contribution >= 4 is 12.0 Å². The Bertz CT molecular complexity index is 614. The first-order valence-corrected chi connectivity index (χ1v) is 7.47. The maximum atomic E-state index is 12.2. The van der Waals surface area contributed by atoms with Gasteiger partial charge in [0.1, 0.15) is 6.07 Å². The average Bonchev–Trinajstić information content (AvgIpc) is 2.58. The molecule has 0 N–H and O–H groups in total. The summed E-state index contributed by atoms with van der Waals surface area (Å²) >= 11 is 0. The summed E-state index contributed by atoms with van der Waals surface area (Å²) in [5.41, 5.74) is 0.841. The molecule has 1 fully saturated rings. The minimum atomic E-state index is -0.0343. The second-order valence-electron chi connectivity index (χ2n) is 5.32. The highest BCUT2D eigenvalue weighted by atomic mass is 16.5. The number of ether oxygens (including phenoxy) is 2. The molecular weight excluding hydrogens is 294 g/mol. The minimum Gasteiger partial charge on any atom is -0.493 e. The molecule has 0 aliphatic carbocycles. The van der Waals surface area contributed by atoms with Crippen molar-refractivity contribution in [1.29, 1.82) is 5.26 Å². The summed E-state index contributed by atoms with van der Waals surface area (Å²) in [5, 5.41) is 8.56. The SMILES string of the molecule is COc1cc(/C=C/C(=O)N2CCN(C)CC2)ccc1OCC#N. The first-order valence-electron chi connectivity index (χ1n) is 7.47. The highest BCUT2D eigenvalue weighted by molar-refractivity contribution is 5.92. The predicted molar refractivity (Wildman–Crippen MR) is 87.2 cm³/mol. The molecule has 0 spiro atoms. The fourth-order valence-electron chi connectivity index (χ4n) is 2.32. The molecule has 0 saturated carbocycles. The number of carbonyl (C=O) groups is 1. The molecule has 1 amide bonds. The highest BCUT2D eigenvalue weighted by Gasteiger charge is 2.16. The predicted octanol–water partition coefficient (Wildman–Crippen LogP) is 1.38. The molecule has 0 unspecified atom stereocenters. The van der Waals surface area contributed by atoms with Gasteiger partial charge >= 0.3 is 0 Å². The van der Waals surface area contributed by atoms with Crippen LogP contribution < -0.4 is 9.47 Å². The third-order valence-electron chi connectivity index (χ3n) is 3.71. The Labute approximate surface area is 136 Å². The largest absolute Gasteiger partial charge is 0.493 e. The molecule has 1 heterocycles. The van der Waals surface area contributed by atoms with Crippen molar-refractivity contribution < 1.29 is 14.3 Å². The number of amides is 1. The summed E-state index contributed by atoms with van der Waals surface area (Å²) < 4.78 is 10.5. The molecule has 2 rings (SSSR count). The lowest BCUT2D eigenvalue weighted by molar-refractivity contribution is -0.127.